The topological polar surface area (TPSA) is 50.9 Å². The Bertz CT molecular complexity index is 313. The van der Waals surface area contributed by atoms with Gasteiger partial charge in [0.25, 0.3) is 0 Å². The van der Waals surface area contributed by atoms with Crippen molar-refractivity contribution < 1.29 is 13.2 Å². The van der Waals surface area contributed by atoms with Crippen molar-refractivity contribution in [2.75, 3.05) is 13.1 Å². The van der Waals surface area contributed by atoms with Crippen molar-refractivity contribution >= 4 is 11.8 Å². The molecule has 0 saturated carbocycles. The van der Waals surface area contributed by atoms with Crippen LogP contribution in [0.5, 0.6) is 0 Å². The Kier molecular flexibility index (Phi) is 5.04. The molecule has 0 aliphatic rings. The van der Waals surface area contributed by atoms with Crippen LogP contribution < -0.4 is 11.1 Å². The number of nitrogens with one attached hydrogen (secondary N) is 1. The van der Waals surface area contributed by atoms with E-state index in [9.17, 15) is 13.2 Å². The summed E-state index contributed by atoms with van der Waals surface area (Å²) in [6.07, 6.45) is 1.43. The third-order valence-electron chi connectivity index (χ3n) is 1.67. The predicted octanol–water partition coefficient (Wildman–Crippen LogP) is 1.74. The number of alkyl halides is 3. The fourth-order valence-corrected chi connectivity index (χ4v) is 1.51. The number of pyridine rings is 1. The Morgan fingerprint density at radius 3 is 2.62 bits per heavy atom. The molecule has 0 spiro atoms. The van der Waals surface area contributed by atoms with Crippen LogP contribution in [0, 0.1) is 0 Å². The molecule has 1 rings (SSSR count). The summed E-state index contributed by atoms with van der Waals surface area (Å²) in [5.74, 6) is 0. The van der Waals surface area contributed by atoms with Crippen molar-refractivity contribution in [1.29, 1.82) is 0 Å². The van der Waals surface area contributed by atoms with Crippen LogP contribution in [0.25, 0.3) is 0 Å². The lowest BCUT2D eigenvalue weighted by Crippen LogP contribution is -2.21. The van der Waals surface area contributed by atoms with Gasteiger partial charge in [0.15, 0.2) is 0 Å². The lowest BCUT2D eigenvalue weighted by Gasteiger charge is -2.06. The van der Waals surface area contributed by atoms with Gasteiger partial charge in [-0.3, -0.25) is 0 Å². The number of rotatable bonds is 5. The highest BCUT2D eigenvalue weighted by Crippen LogP contribution is 2.35. The lowest BCUT2D eigenvalue weighted by molar-refractivity contribution is -0.0329. The van der Waals surface area contributed by atoms with Crippen molar-refractivity contribution in [2.45, 2.75) is 17.1 Å². The second-order valence-corrected chi connectivity index (χ2v) is 4.10. The summed E-state index contributed by atoms with van der Waals surface area (Å²) >= 11 is -0.214. The molecular formula is C9H12F3N3S. The molecule has 0 bridgehead atoms. The normalized spacial score (nSPS) is 11.8. The molecule has 1 aromatic heterocycles. The number of halogens is 3. The van der Waals surface area contributed by atoms with E-state index < -0.39 is 5.51 Å². The van der Waals surface area contributed by atoms with Crippen molar-refractivity contribution in [3.8, 4) is 0 Å². The van der Waals surface area contributed by atoms with Crippen LogP contribution in [-0.2, 0) is 6.54 Å². The highest BCUT2D eigenvalue weighted by molar-refractivity contribution is 8.00. The molecule has 16 heavy (non-hydrogen) atoms. The molecule has 3 N–H and O–H groups in total. The third-order valence-corrected chi connectivity index (χ3v) is 2.35. The van der Waals surface area contributed by atoms with Gasteiger partial charge >= 0.3 is 5.51 Å². The fraction of sp³-hybridized carbons (Fsp3) is 0.444. The molecule has 0 aromatic carbocycles. The van der Waals surface area contributed by atoms with E-state index in [2.05, 4.69) is 10.3 Å². The summed E-state index contributed by atoms with van der Waals surface area (Å²) in [7, 11) is 0. The molecule has 90 valence electrons. The Hall–Kier alpha value is -0.790. The first-order valence-corrected chi connectivity index (χ1v) is 5.44. The van der Waals surface area contributed by atoms with Crippen LogP contribution >= 0.6 is 11.8 Å². The molecule has 0 amide bonds. The van der Waals surface area contributed by atoms with Gasteiger partial charge in [0, 0.05) is 37.6 Å². The molecule has 7 heteroatoms. The number of hydrogen-bond donors (Lipinski definition) is 2. The molecule has 0 saturated heterocycles. The second-order valence-electron chi connectivity index (χ2n) is 3.02. The minimum Gasteiger partial charge on any atom is -0.329 e. The smallest absolute Gasteiger partial charge is 0.329 e. The number of nitrogens with zero attached hydrogens (tertiary/aromatic N) is 1. The molecule has 0 radical (unpaired) electrons. The lowest BCUT2D eigenvalue weighted by atomic mass is 10.3. The van der Waals surface area contributed by atoms with Crippen molar-refractivity contribution in [1.82, 2.24) is 10.3 Å². The van der Waals surface area contributed by atoms with Crippen LogP contribution in [0.2, 0.25) is 0 Å². The summed E-state index contributed by atoms with van der Waals surface area (Å²) in [5.41, 5.74) is 1.83. The summed E-state index contributed by atoms with van der Waals surface area (Å²) in [6, 6.07) is 2.97. The largest absolute Gasteiger partial charge is 0.447 e. The van der Waals surface area contributed by atoms with E-state index in [1.807, 2.05) is 0 Å². The van der Waals surface area contributed by atoms with E-state index in [0.717, 1.165) is 5.56 Å². The van der Waals surface area contributed by atoms with Gasteiger partial charge < -0.3 is 11.1 Å². The minimum absolute atomic E-state index is 0.0462. The maximum Gasteiger partial charge on any atom is 0.447 e. The summed E-state index contributed by atoms with van der Waals surface area (Å²) in [5, 5.41) is 2.98. The monoisotopic (exact) mass is 251 g/mol. The first-order chi connectivity index (χ1) is 7.51. The maximum atomic E-state index is 12.0. The van der Waals surface area contributed by atoms with E-state index in [-0.39, 0.29) is 16.8 Å². The molecule has 0 aliphatic carbocycles. The standard InChI is InChI=1S/C9H12F3N3S/c10-9(11,12)16-8-2-1-7(6-15-8)5-14-4-3-13/h1-2,6,14H,3-5,13H2. The maximum absolute atomic E-state index is 12.0. The van der Waals surface area contributed by atoms with Crippen LogP contribution in [-0.4, -0.2) is 23.6 Å². The summed E-state index contributed by atoms with van der Waals surface area (Å²) in [4.78, 5) is 3.71. The van der Waals surface area contributed by atoms with Gasteiger partial charge in [-0.05, 0) is 11.6 Å². The first kappa shape index (κ1) is 13.3. The van der Waals surface area contributed by atoms with Gasteiger partial charge in [0.2, 0.25) is 0 Å². The average molecular weight is 251 g/mol. The van der Waals surface area contributed by atoms with Gasteiger partial charge in [-0.2, -0.15) is 13.2 Å². The Balaban J connectivity index is 2.48. The first-order valence-electron chi connectivity index (χ1n) is 4.63. The van der Waals surface area contributed by atoms with Crippen LogP contribution in [0.3, 0.4) is 0 Å². The molecule has 0 fully saturated rings. The van der Waals surface area contributed by atoms with Gasteiger partial charge in [-0.1, -0.05) is 6.07 Å². The summed E-state index contributed by atoms with van der Waals surface area (Å²) < 4.78 is 36.0. The molecular weight excluding hydrogens is 239 g/mol. The van der Waals surface area contributed by atoms with Crippen LogP contribution in [0.15, 0.2) is 23.4 Å². The Morgan fingerprint density at radius 1 is 1.38 bits per heavy atom. The van der Waals surface area contributed by atoms with E-state index in [0.29, 0.717) is 19.6 Å². The SMILES string of the molecule is NCCNCc1ccc(SC(F)(F)F)nc1. The van der Waals surface area contributed by atoms with E-state index in [4.69, 9.17) is 5.73 Å². The van der Waals surface area contributed by atoms with Crippen molar-refractivity contribution in [3.63, 3.8) is 0 Å². The molecule has 1 aromatic rings. The van der Waals surface area contributed by atoms with Gasteiger partial charge in [0.1, 0.15) is 5.03 Å². The Morgan fingerprint density at radius 2 is 2.12 bits per heavy atom. The zero-order valence-electron chi connectivity index (χ0n) is 8.42. The van der Waals surface area contributed by atoms with E-state index >= 15 is 0 Å². The average Bonchev–Trinajstić information content (AvgIpc) is 2.19. The van der Waals surface area contributed by atoms with Crippen molar-refractivity contribution in [2.24, 2.45) is 5.73 Å². The molecule has 0 unspecified atom stereocenters. The van der Waals surface area contributed by atoms with E-state index in [1.165, 1.54) is 12.3 Å². The molecule has 1 heterocycles. The van der Waals surface area contributed by atoms with Crippen molar-refractivity contribution in [3.05, 3.63) is 23.9 Å². The van der Waals surface area contributed by atoms with E-state index in [1.54, 1.807) is 6.07 Å². The minimum atomic E-state index is -4.29. The quantitative estimate of drug-likeness (QED) is 0.618. The zero-order valence-corrected chi connectivity index (χ0v) is 9.24. The molecule has 0 atom stereocenters. The number of nitrogens with two attached hydrogens (primary N) is 1. The number of thioether (sulfide) groups is 1. The number of aromatic nitrogens is 1. The zero-order chi connectivity index (χ0) is 12.0. The second kappa shape index (κ2) is 6.07. The predicted molar refractivity (Wildman–Crippen MR) is 56.9 cm³/mol. The highest BCUT2D eigenvalue weighted by atomic mass is 32.2. The molecule has 0 aliphatic heterocycles. The summed E-state index contributed by atoms with van der Waals surface area (Å²) in [6.45, 7) is 1.75. The number of hydrogen-bond acceptors (Lipinski definition) is 4. The third kappa shape index (κ3) is 5.34. The Labute approximate surface area is 95.6 Å². The molecule has 3 nitrogen and oxygen atoms in total. The fourth-order valence-electron chi connectivity index (χ4n) is 1.03. The van der Waals surface area contributed by atoms with Crippen LogP contribution in [0.1, 0.15) is 5.56 Å². The highest BCUT2D eigenvalue weighted by Gasteiger charge is 2.29. The van der Waals surface area contributed by atoms with Gasteiger partial charge in [-0.25, -0.2) is 4.98 Å². The van der Waals surface area contributed by atoms with Crippen LogP contribution in [0.4, 0.5) is 13.2 Å². The van der Waals surface area contributed by atoms with Gasteiger partial charge in [0.05, 0.1) is 0 Å². The van der Waals surface area contributed by atoms with Gasteiger partial charge in [-0.15, -0.1) is 0 Å².